The highest BCUT2D eigenvalue weighted by Crippen LogP contribution is 2.46. The highest BCUT2D eigenvalue weighted by atomic mass is 19.1. The summed E-state index contributed by atoms with van der Waals surface area (Å²) in [6, 6.07) is 19.4. The normalized spacial score (nSPS) is 18.1. The molecule has 1 saturated heterocycles. The molecule has 0 aliphatic carbocycles. The third-order valence-electron chi connectivity index (χ3n) is 5.95. The zero-order chi connectivity index (χ0) is 21.8. The average molecular weight is 421 g/mol. The standard InChI is InChI=1S/C26H25F2NO2/c27-20-10-6-18(7-11-20)4-2-1-3-5-24-25(19-8-16-23(30)17-9-19)29(26(24)31)22-14-12-21(28)13-15-22/h6-17,24-25,30H,1-5H2/t24-,25?/m1/s1. The SMILES string of the molecule is O=C1[C@H](CCCCCc2ccc(F)cc2)C(c2ccc(O)cc2)N1c1ccc(F)cc1. The van der Waals surface area contributed by atoms with E-state index in [1.165, 1.54) is 24.3 Å². The lowest BCUT2D eigenvalue weighted by Gasteiger charge is -2.47. The van der Waals surface area contributed by atoms with Crippen molar-refractivity contribution < 1.29 is 18.7 Å². The quantitative estimate of drug-likeness (QED) is 0.349. The molecule has 2 atom stereocenters. The Hall–Kier alpha value is -3.21. The highest BCUT2D eigenvalue weighted by molar-refractivity contribution is 6.03. The highest BCUT2D eigenvalue weighted by Gasteiger charge is 2.48. The molecule has 0 saturated carbocycles. The van der Waals surface area contributed by atoms with Gasteiger partial charge in [-0.25, -0.2) is 8.78 Å². The summed E-state index contributed by atoms with van der Waals surface area (Å²) in [7, 11) is 0. The van der Waals surface area contributed by atoms with E-state index in [4.69, 9.17) is 0 Å². The number of nitrogens with zero attached hydrogens (tertiary/aromatic N) is 1. The van der Waals surface area contributed by atoms with Gasteiger partial charge in [-0.05, 0) is 78.9 Å². The number of hydrogen-bond donors (Lipinski definition) is 1. The van der Waals surface area contributed by atoms with Crippen molar-refractivity contribution in [3.63, 3.8) is 0 Å². The van der Waals surface area contributed by atoms with E-state index in [2.05, 4.69) is 0 Å². The van der Waals surface area contributed by atoms with E-state index in [0.717, 1.165) is 43.2 Å². The number of carbonyl (C=O) groups excluding carboxylic acids is 1. The summed E-state index contributed by atoms with van der Waals surface area (Å²) in [5.74, 6) is -0.474. The van der Waals surface area contributed by atoms with E-state index in [0.29, 0.717) is 5.69 Å². The molecule has 1 aliphatic rings. The molecule has 0 bridgehead atoms. The van der Waals surface area contributed by atoms with E-state index in [-0.39, 0.29) is 35.3 Å². The van der Waals surface area contributed by atoms with Crippen LogP contribution in [0.5, 0.6) is 5.75 Å². The second-order valence-corrected chi connectivity index (χ2v) is 8.05. The number of phenolic OH excluding ortho intramolecular Hbond substituents is 1. The van der Waals surface area contributed by atoms with Gasteiger partial charge in [-0.3, -0.25) is 4.79 Å². The largest absolute Gasteiger partial charge is 0.508 e. The maximum atomic E-state index is 13.3. The summed E-state index contributed by atoms with van der Waals surface area (Å²) in [6.45, 7) is 0. The first-order chi connectivity index (χ1) is 15.0. The molecule has 1 unspecified atom stereocenters. The van der Waals surface area contributed by atoms with Crippen LogP contribution >= 0.6 is 0 Å². The zero-order valence-electron chi connectivity index (χ0n) is 17.2. The van der Waals surface area contributed by atoms with Crippen molar-refractivity contribution in [2.45, 2.75) is 38.1 Å². The lowest BCUT2D eigenvalue weighted by atomic mass is 9.78. The molecule has 1 fully saturated rings. The molecule has 0 radical (unpaired) electrons. The number of aromatic hydroxyl groups is 1. The lowest BCUT2D eigenvalue weighted by Crippen LogP contribution is -2.55. The molecular weight excluding hydrogens is 396 g/mol. The van der Waals surface area contributed by atoms with Crippen molar-refractivity contribution in [2.24, 2.45) is 5.92 Å². The van der Waals surface area contributed by atoms with E-state index >= 15 is 0 Å². The Bertz CT molecular complexity index is 1020. The monoisotopic (exact) mass is 421 g/mol. The molecule has 4 rings (SSSR count). The number of anilines is 1. The fourth-order valence-corrected chi connectivity index (χ4v) is 4.29. The maximum absolute atomic E-state index is 13.3. The van der Waals surface area contributed by atoms with E-state index < -0.39 is 0 Å². The van der Waals surface area contributed by atoms with Gasteiger partial charge in [0.15, 0.2) is 0 Å². The first-order valence-electron chi connectivity index (χ1n) is 10.6. The fourth-order valence-electron chi connectivity index (χ4n) is 4.29. The molecule has 1 heterocycles. The number of hydrogen-bond acceptors (Lipinski definition) is 2. The summed E-state index contributed by atoms with van der Waals surface area (Å²) in [5.41, 5.74) is 2.75. The minimum absolute atomic E-state index is 0.0446. The molecule has 5 heteroatoms. The molecule has 31 heavy (non-hydrogen) atoms. The van der Waals surface area contributed by atoms with Crippen LogP contribution in [0.3, 0.4) is 0 Å². The summed E-state index contributed by atoms with van der Waals surface area (Å²) >= 11 is 0. The van der Waals surface area contributed by atoms with Gasteiger partial charge in [0.25, 0.3) is 0 Å². The van der Waals surface area contributed by atoms with Crippen LogP contribution in [0.2, 0.25) is 0 Å². The van der Waals surface area contributed by atoms with Gasteiger partial charge in [0.2, 0.25) is 5.91 Å². The summed E-state index contributed by atoms with van der Waals surface area (Å²) in [5, 5.41) is 9.63. The van der Waals surface area contributed by atoms with E-state index in [1.807, 2.05) is 24.3 Å². The van der Waals surface area contributed by atoms with E-state index in [1.54, 1.807) is 29.2 Å². The number of rotatable bonds is 8. The van der Waals surface area contributed by atoms with Gasteiger partial charge in [0, 0.05) is 5.69 Å². The second kappa shape index (κ2) is 9.29. The third kappa shape index (κ3) is 4.76. The Morgan fingerprint density at radius 3 is 2.03 bits per heavy atom. The van der Waals surface area contributed by atoms with Crippen molar-refractivity contribution in [1.29, 1.82) is 0 Å². The molecule has 3 aromatic carbocycles. The van der Waals surface area contributed by atoms with Crippen LogP contribution in [0.15, 0.2) is 72.8 Å². The summed E-state index contributed by atoms with van der Waals surface area (Å²) < 4.78 is 26.3. The molecule has 0 spiro atoms. The number of aryl methyl sites for hydroxylation is 1. The molecular formula is C26H25F2NO2. The summed E-state index contributed by atoms with van der Waals surface area (Å²) in [6.07, 6.45) is 4.55. The smallest absolute Gasteiger partial charge is 0.233 e. The van der Waals surface area contributed by atoms with Crippen LogP contribution in [0.1, 0.15) is 42.9 Å². The number of benzene rings is 3. The topological polar surface area (TPSA) is 40.5 Å². The van der Waals surface area contributed by atoms with Crippen molar-refractivity contribution >= 4 is 11.6 Å². The summed E-state index contributed by atoms with van der Waals surface area (Å²) in [4.78, 5) is 14.7. The number of unbranched alkanes of at least 4 members (excludes halogenated alkanes) is 2. The van der Waals surface area contributed by atoms with Crippen LogP contribution < -0.4 is 4.90 Å². The lowest BCUT2D eigenvalue weighted by molar-refractivity contribution is -0.130. The van der Waals surface area contributed by atoms with Gasteiger partial charge in [0.1, 0.15) is 17.4 Å². The number of β-lactam (4-membered cyclic amide) rings is 1. The fraction of sp³-hybridized carbons (Fsp3) is 0.269. The zero-order valence-corrected chi connectivity index (χ0v) is 17.2. The van der Waals surface area contributed by atoms with Crippen molar-refractivity contribution in [1.82, 2.24) is 0 Å². The number of halogens is 2. The van der Waals surface area contributed by atoms with Crippen molar-refractivity contribution in [3.8, 4) is 5.75 Å². The minimum Gasteiger partial charge on any atom is -0.508 e. The van der Waals surface area contributed by atoms with Crippen LogP contribution in [0.4, 0.5) is 14.5 Å². The Labute approximate surface area is 181 Å². The number of carbonyl (C=O) groups is 1. The van der Waals surface area contributed by atoms with Gasteiger partial charge in [-0.1, -0.05) is 37.1 Å². The third-order valence-corrected chi connectivity index (χ3v) is 5.95. The van der Waals surface area contributed by atoms with Crippen LogP contribution in [0, 0.1) is 17.6 Å². The van der Waals surface area contributed by atoms with Crippen LogP contribution in [-0.4, -0.2) is 11.0 Å². The van der Waals surface area contributed by atoms with Gasteiger partial charge < -0.3 is 10.0 Å². The van der Waals surface area contributed by atoms with E-state index in [9.17, 15) is 18.7 Å². The van der Waals surface area contributed by atoms with Crippen molar-refractivity contribution in [2.75, 3.05) is 4.90 Å². The minimum atomic E-state index is -0.337. The number of amides is 1. The Morgan fingerprint density at radius 1 is 0.774 bits per heavy atom. The predicted molar refractivity (Wildman–Crippen MR) is 117 cm³/mol. The molecule has 3 aromatic rings. The van der Waals surface area contributed by atoms with Gasteiger partial charge in [-0.2, -0.15) is 0 Å². The molecule has 3 nitrogen and oxygen atoms in total. The molecule has 160 valence electrons. The van der Waals surface area contributed by atoms with Crippen molar-refractivity contribution in [3.05, 3.63) is 95.6 Å². The molecule has 0 aromatic heterocycles. The molecule has 1 aliphatic heterocycles. The van der Waals surface area contributed by atoms with Crippen LogP contribution in [0.25, 0.3) is 0 Å². The average Bonchev–Trinajstić information content (AvgIpc) is 2.77. The molecule has 1 N–H and O–H groups in total. The Morgan fingerprint density at radius 2 is 1.39 bits per heavy atom. The van der Waals surface area contributed by atoms with Crippen LogP contribution in [-0.2, 0) is 11.2 Å². The molecule has 1 amide bonds. The predicted octanol–water partition coefficient (Wildman–Crippen LogP) is 6.18. The Balaban J connectivity index is 1.39. The van der Waals surface area contributed by atoms with Gasteiger partial charge in [0.05, 0.1) is 12.0 Å². The first kappa shape index (κ1) is 21.0. The Kier molecular flexibility index (Phi) is 6.31. The van der Waals surface area contributed by atoms with Gasteiger partial charge >= 0.3 is 0 Å². The first-order valence-corrected chi connectivity index (χ1v) is 10.6. The second-order valence-electron chi connectivity index (χ2n) is 8.05. The van der Waals surface area contributed by atoms with Gasteiger partial charge in [-0.15, -0.1) is 0 Å². The maximum Gasteiger partial charge on any atom is 0.233 e. The number of phenols is 1.